The van der Waals surface area contributed by atoms with Gasteiger partial charge in [0.2, 0.25) is 0 Å². The molecule has 1 heterocycles. The molecule has 0 N–H and O–H groups in total. The number of ether oxygens (including phenoxy) is 1. The fourth-order valence-corrected chi connectivity index (χ4v) is 9.03. The molecule has 0 saturated heterocycles. The van der Waals surface area contributed by atoms with Crippen molar-refractivity contribution in [3.8, 4) is 6.07 Å². The lowest BCUT2D eigenvalue weighted by atomic mass is 9.48. The van der Waals surface area contributed by atoms with Crippen molar-refractivity contribution in [1.82, 2.24) is 9.78 Å². The molecule has 1 aromatic rings. The Kier molecular flexibility index (Phi) is 5.81. The van der Waals surface area contributed by atoms with Crippen molar-refractivity contribution in [2.24, 2.45) is 40.9 Å². The second-order valence-electron chi connectivity index (χ2n) is 12.2. The number of halogens is 2. The Balaban J connectivity index is 1.30. The van der Waals surface area contributed by atoms with E-state index < -0.39 is 18.4 Å². The Morgan fingerprint density at radius 3 is 2.65 bits per heavy atom. The number of nitrogens with zero attached hydrogens (tertiary/aromatic N) is 3. The third kappa shape index (κ3) is 3.95. The van der Waals surface area contributed by atoms with Crippen LogP contribution in [0.1, 0.15) is 84.1 Å². The topological polar surface area (TPSA) is 67.9 Å². The number of carbonyl (C=O) groups is 1. The van der Waals surface area contributed by atoms with Gasteiger partial charge in [0.05, 0.1) is 11.8 Å². The van der Waals surface area contributed by atoms with E-state index in [1.54, 1.807) is 0 Å². The maximum Gasteiger partial charge on any atom is 0.303 e. The van der Waals surface area contributed by atoms with Gasteiger partial charge in [-0.3, -0.25) is 9.48 Å². The van der Waals surface area contributed by atoms with Crippen molar-refractivity contribution in [1.29, 1.82) is 5.26 Å². The zero-order valence-corrected chi connectivity index (χ0v) is 20.6. The maximum atomic E-state index is 15.6. The normalized spacial score (nSPS) is 41.6. The summed E-state index contributed by atoms with van der Waals surface area (Å²) < 4.78 is 38.2. The summed E-state index contributed by atoms with van der Waals surface area (Å²) in [5, 5.41) is 13.0. The van der Waals surface area contributed by atoms with E-state index in [9.17, 15) is 4.79 Å². The molecule has 0 aromatic carbocycles. The highest BCUT2D eigenvalue weighted by Gasteiger charge is 2.62. The van der Waals surface area contributed by atoms with Gasteiger partial charge in [0, 0.05) is 19.0 Å². The lowest BCUT2D eigenvalue weighted by Gasteiger charge is -2.57. The molecule has 7 heteroatoms. The van der Waals surface area contributed by atoms with Crippen LogP contribution in [0.4, 0.5) is 8.78 Å². The number of hydrogen-bond donors (Lipinski definition) is 0. The van der Waals surface area contributed by atoms with Crippen LogP contribution in [-0.4, -0.2) is 27.3 Å². The molecule has 34 heavy (non-hydrogen) atoms. The third-order valence-electron chi connectivity index (χ3n) is 10.3. The highest BCUT2D eigenvalue weighted by atomic mass is 19.3. The van der Waals surface area contributed by atoms with E-state index in [4.69, 9.17) is 10.00 Å². The number of aromatic nitrogens is 2. The van der Waals surface area contributed by atoms with Crippen LogP contribution in [-0.2, 0) is 16.1 Å². The van der Waals surface area contributed by atoms with Gasteiger partial charge >= 0.3 is 5.97 Å². The molecule has 4 fully saturated rings. The smallest absolute Gasteiger partial charge is 0.303 e. The Morgan fingerprint density at radius 1 is 1.18 bits per heavy atom. The fraction of sp³-hybridized carbons (Fsp3) is 0.815. The van der Waals surface area contributed by atoms with E-state index in [1.165, 1.54) is 24.0 Å². The largest absolute Gasteiger partial charge is 0.460 e. The molecule has 8 atom stereocenters. The van der Waals surface area contributed by atoms with Gasteiger partial charge < -0.3 is 4.74 Å². The van der Waals surface area contributed by atoms with E-state index in [0.717, 1.165) is 51.4 Å². The van der Waals surface area contributed by atoms with Gasteiger partial charge in [-0.2, -0.15) is 10.4 Å². The van der Waals surface area contributed by atoms with Crippen molar-refractivity contribution in [3.63, 3.8) is 0 Å². The number of alkyl halides is 2. The van der Waals surface area contributed by atoms with E-state index in [2.05, 4.69) is 18.9 Å². The second-order valence-corrected chi connectivity index (χ2v) is 12.2. The molecule has 5 rings (SSSR count). The third-order valence-corrected chi connectivity index (χ3v) is 10.3. The van der Waals surface area contributed by atoms with Gasteiger partial charge in [-0.1, -0.05) is 6.92 Å². The van der Waals surface area contributed by atoms with Crippen molar-refractivity contribution < 1.29 is 18.3 Å². The Labute approximate surface area is 201 Å². The maximum absolute atomic E-state index is 15.6. The van der Waals surface area contributed by atoms with Crippen LogP contribution < -0.4 is 0 Å². The first-order chi connectivity index (χ1) is 16.0. The van der Waals surface area contributed by atoms with Crippen LogP contribution in [0.3, 0.4) is 0 Å². The van der Waals surface area contributed by atoms with Crippen LogP contribution in [0.5, 0.6) is 0 Å². The number of hydrogen-bond acceptors (Lipinski definition) is 4. The van der Waals surface area contributed by atoms with Gasteiger partial charge in [-0.05, 0) is 99.7 Å². The first-order valence-corrected chi connectivity index (χ1v) is 13.0. The van der Waals surface area contributed by atoms with E-state index in [-0.39, 0.29) is 17.0 Å². The average molecular weight is 474 g/mol. The van der Waals surface area contributed by atoms with Gasteiger partial charge in [0.25, 0.3) is 5.92 Å². The summed E-state index contributed by atoms with van der Waals surface area (Å²) in [7, 11) is 0. The highest BCUT2D eigenvalue weighted by Crippen LogP contribution is 2.66. The summed E-state index contributed by atoms with van der Waals surface area (Å²) in [5.41, 5.74) is -0.369. The zero-order valence-electron chi connectivity index (χ0n) is 20.6. The van der Waals surface area contributed by atoms with Crippen molar-refractivity contribution in [3.05, 3.63) is 18.0 Å². The van der Waals surface area contributed by atoms with Crippen molar-refractivity contribution >= 4 is 5.97 Å². The highest BCUT2D eigenvalue weighted by molar-refractivity contribution is 5.66. The van der Waals surface area contributed by atoms with Gasteiger partial charge in [0.1, 0.15) is 18.2 Å². The van der Waals surface area contributed by atoms with E-state index in [0.29, 0.717) is 41.6 Å². The molecule has 0 unspecified atom stereocenters. The molecule has 1 aromatic heterocycles. The molecule has 5 nitrogen and oxygen atoms in total. The molecule has 4 saturated carbocycles. The average Bonchev–Trinajstić information content (AvgIpc) is 3.35. The standard InChI is InChI=1S/C27H37F2N3O2/c1-17(33)34-25(2)10-8-20-19(12-25)4-5-22-21(20)9-11-26(3)23(22)6-7-24(26)27(28,29)16-32-15-18(13-30)14-31-32/h14-15,19-24H,4-12,16H2,1-3H3/t19-,20+,21-,22-,23+,24+,25-,26+/m1/s1. The zero-order chi connectivity index (χ0) is 24.3. The number of fused-ring (bicyclic) bond motifs is 5. The van der Waals surface area contributed by atoms with Crippen LogP contribution in [0, 0.1) is 52.3 Å². The molecule has 4 aliphatic rings. The van der Waals surface area contributed by atoms with Crippen LogP contribution in [0.25, 0.3) is 0 Å². The lowest BCUT2D eigenvalue weighted by Crippen LogP contribution is -2.52. The van der Waals surface area contributed by atoms with Crippen LogP contribution >= 0.6 is 0 Å². The number of esters is 1. The Hall–Kier alpha value is -1.97. The minimum Gasteiger partial charge on any atom is -0.460 e. The van der Waals surface area contributed by atoms with Gasteiger partial charge in [0.15, 0.2) is 0 Å². The first kappa shape index (κ1) is 23.8. The molecule has 4 aliphatic carbocycles. The summed E-state index contributed by atoms with van der Waals surface area (Å²) in [6.07, 6.45) is 11.3. The second kappa shape index (κ2) is 8.31. The van der Waals surface area contributed by atoms with Crippen LogP contribution in [0.2, 0.25) is 0 Å². The molecular formula is C27H37F2N3O2. The molecule has 0 aliphatic heterocycles. The Morgan fingerprint density at radius 2 is 1.94 bits per heavy atom. The first-order valence-electron chi connectivity index (χ1n) is 13.0. The van der Waals surface area contributed by atoms with Crippen molar-refractivity contribution in [2.75, 3.05) is 0 Å². The molecule has 0 spiro atoms. The van der Waals surface area contributed by atoms with Gasteiger partial charge in [-0.25, -0.2) is 8.78 Å². The molecule has 0 radical (unpaired) electrons. The molecule has 186 valence electrons. The summed E-state index contributed by atoms with van der Waals surface area (Å²) in [6.45, 7) is 5.26. The quantitative estimate of drug-likeness (QED) is 0.505. The van der Waals surface area contributed by atoms with Gasteiger partial charge in [-0.15, -0.1) is 0 Å². The van der Waals surface area contributed by atoms with Crippen molar-refractivity contribution in [2.45, 2.75) is 96.6 Å². The number of carbonyl (C=O) groups excluding carboxylic acids is 1. The fourth-order valence-electron chi connectivity index (χ4n) is 9.03. The van der Waals surface area contributed by atoms with E-state index in [1.807, 2.05) is 6.07 Å². The Bertz CT molecular complexity index is 987. The van der Waals surface area contributed by atoms with E-state index >= 15 is 8.78 Å². The SMILES string of the molecule is CC(=O)O[C@]1(C)CC[C@H]2[C@H](CC[C@@H]3[C@@H]2CC[C@]2(C)[C@@H](C(F)(F)Cn4cc(C#N)cn4)CC[C@@H]32)C1. The summed E-state index contributed by atoms with van der Waals surface area (Å²) in [6, 6.07) is 1.97. The minimum atomic E-state index is -2.84. The monoisotopic (exact) mass is 473 g/mol. The predicted molar refractivity (Wildman–Crippen MR) is 123 cm³/mol. The predicted octanol–water partition coefficient (Wildman–Crippen LogP) is 5.98. The van der Waals surface area contributed by atoms with Crippen LogP contribution in [0.15, 0.2) is 12.4 Å². The minimum absolute atomic E-state index is 0.194. The number of rotatable bonds is 4. The number of nitriles is 1. The molecule has 0 bridgehead atoms. The lowest BCUT2D eigenvalue weighted by molar-refractivity contribution is -0.170. The summed E-state index contributed by atoms with van der Waals surface area (Å²) in [5.74, 6) is -0.946. The molecular weight excluding hydrogens is 436 g/mol. The molecule has 0 amide bonds. The summed E-state index contributed by atoms with van der Waals surface area (Å²) in [4.78, 5) is 11.6. The summed E-state index contributed by atoms with van der Waals surface area (Å²) >= 11 is 0.